The summed E-state index contributed by atoms with van der Waals surface area (Å²) in [6.45, 7) is 1.82. The average Bonchev–Trinajstić information content (AvgIpc) is 2.21. The van der Waals surface area contributed by atoms with Gasteiger partial charge in [-0.25, -0.2) is 0 Å². The van der Waals surface area contributed by atoms with Crippen molar-refractivity contribution in [2.75, 3.05) is 13.7 Å². The third-order valence-corrected chi connectivity index (χ3v) is 2.34. The number of ether oxygens (including phenoxy) is 1. The van der Waals surface area contributed by atoms with Gasteiger partial charge in [-0.05, 0) is 24.6 Å². The molecule has 0 saturated carbocycles. The van der Waals surface area contributed by atoms with Gasteiger partial charge in [0.2, 0.25) is 0 Å². The number of hydrogen-bond donors (Lipinski definition) is 2. The zero-order valence-corrected chi connectivity index (χ0v) is 8.53. The SMILES string of the molecule is COC(C)(CO)Cc1ccc(O)cc1. The zero-order chi connectivity index (χ0) is 10.6. The molecule has 0 aromatic heterocycles. The summed E-state index contributed by atoms with van der Waals surface area (Å²) < 4.78 is 5.21. The molecule has 14 heavy (non-hydrogen) atoms. The Morgan fingerprint density at radius 1 is 1.29 bits per heavy atom. The Kier molecular flexibility index (Phi) is 3.49. The third kappa shape index (κ3) is 2.72. The number of methoxy groups -OCH3 is 1. The molecule has 1 rings (SSSR count). The summed E-state index contributed by atoms with van der Waals surface area (Å²) in [6, 6.07) is 6.90. The van der Waals surface area contributed by atoms with E-state index in [4.69, 9.17) is 14.9 Å². The molecule has 0 aliphatic carbocycles. The number of benzene rings is 1. The van der Waals surface area contributed by atoms with E-state index in [1.165, 1.54) is 0 Å². The maximum atomic E-state index is 9.13. The number of aliphatic hydroxyl groups excluding tert-OH is 1. The molecule has 0 aliphatic rings. The second-order valence-corrected chi connectivity index (χ2v) is 3.66. The van der Waals surface area contributed by atoms with Gasteiger partial charge in [-0.2, -0.15) is 0 Å². The second kappa shape index (κ2) is 4.44. The number of aliphatic hydroxyl groups is 1. The van der Waals surface area contributed by atoms with Crippen LogP contribution < -0.4 is 0 Å². The Labute approximate surface area is 84.0 Å². The fourth-order valence-electron chi connectivity index (χ4n) is 1.24. The first-order valence-electron chi connectivity index (χ1n) is 4.53. The first-order valence-corrected chi connectivity index (χ1v) is 4.53. The van der Waals surface area contributed by atoms with Crippen molar-refractivity contribution < 1.29 is 14.9 Å². The van der Waals surface area contributed by atoms with Crippen molar-refractivity contribution in [1.29, 1.82) is 0 Å². The van der Waals surface area contributed by atoms with E-state index in [-0.39, 0.29) is 12.4 Å². The zero-order valence-electron chi connectivity index (χ0n) is 8.53. The van der Waals surface area contributed by atoms with Crippen molar-refractivity contribution in [1.82, 2.24) is 0 Å². The molecule has 0 bridgehead atoms. The van der Waals surface area contributed by atoms with Crippen LogP contribution in [-0.2, 0) is 11.2 Å². The predicted molar refractivity (Wildman–Crippen MR) is 54.3 cm³/mol. The minimum atomic E-state index is -0.545. The summed E-state index contributed by atoms with van der Waals surface area (Å²) in [7, 11) is 1.58. The topological polar surface area (TPSA) is 49.7 Å². The number of aromatic hydroxyl groups is 1. The maximum absolute atomic E-state index is 9.13. The molecule has 0 aliphatic heterocycles. The molecule has 0 spiro atoms. The van der Waals surface area contributed by atoms with Gasteiger partial charge >= 0.3 is 0 Å². The van der Waals surface area contributed by atoms with E-state index < -0.39 is 5.60 Å². The van der Waals surface area contributed by atoms with Crippen molar-refractivity contribution in [2.45, 2.75) is 18.9 Å². The summed E-state index contributed by atoms with van der Waals surface area (Å²) in [5.74, 6) is 0.247. The van der Waals surface area contributed by atoms with Crippen LogP contribution in [-0.4, -0.2) is 29.5 Å². The monoisotopic (exact) mass is 196 g/mol. The maximum Gasteiger partial charge on any atom is 0.115 e. The van der Waals surface area contributed by atoms with Crippen LogP contribution in [0.3, 0.4) is 0 Å². The summed E-state index contributed by atoms with van der Waals surface area (Å²) >= 11 is 0. The Bertz CT molecular complexity index is 275. The summed E-state index contributed by atoms with van der Waals surface area (Å²) in [5.41, 5.74) is 0.484. The number of hydrogen-bond acceptors (Lipinski definition) is 3. The first-order chi connectivity index (χ1) is 6.59. The van der Waals surface area contributed by atoms with E-state index in [0.29, 0.717) is 6.42 Å². The fourth-order valence-corrected chi connectivity index (χ4v) is 1.24. The average molecular weight is 196 g/mol. The first kappa shape index (κ1) is 11.0. The molecule has 0 heterocycles. The third-order valence-electron chi connectivity index (χ3n) is 2.34. The smallest absolute Gasteiger partial charge is 0.115 e. The minimum absolute atomic E-state index is 0.0234. The largest absolute Gasteiger partial charge is 0.508 e. The van der Waals surface area contributed by atoms with Gasteiger partial charge in [-0.3, -0.25) is 0 Å². The molecule has 3 nitrogen and oxygen atoms in total. The highest BCUT2D eigenvalue weighted by atomic mass is 16.5. The van der Waals surface area contributed by atoms with Crippen LogP contribution in [0.15, 0.2) is 24.3 Å². The lowest BCUT2D eigenvalue weighted by Gasteiger charge is -2.25. The van der Waals surface area contributed by atoms with Gasteiger partial charge in [0.05, 0.1) is 12.2 Å². The van der Waals surface area contributed by atoms with Crippen molar-refractivity contribution in [2.24, 2.45) is 0 Å². The van der Waals surface area contributed by atoms with Crippen molar-refractivity contribution >= 4 is 0 Å². The molecular formula is C11H16O3. The molecule has 1 aromatic rings. The normalized spacial score (nSPS) is 15.1. The van der Waals surface area contributed by atoms with Gasteiger partial charge < -0.3 is 14.9 Å². The quantitative estimate of drug-likeness (QED) is 0.763. The van der Waals surface area contributed by atoms with E-state index in [1.807, 2.05) is 19.1 Å². The molecule has 1 atom stereocenters. The van der Waals surface area contributed by atoms with E-state index in [1.54, 1.807) is 19.2 Å². The van der Waals surface area contributed by atoms with Crippen LogP contribution in [0.5, 0.6) is 5.75 Å². The van der Waals surface area contributed by atoms with Crippen LogP contribution >= 0.6 is 0 Å². The van der Waals surface area contributed by atoms with E-state index in [2.05, 4.69) is 0 Å². The highest BCUT2D eigenvalue weighted by Crippen LogP contribution is 2.18. The number of phenolic OH excluding ortho intramolecular Hbond substituents is 1. The van der Waals surface area contributed by atoms with E-state index in [0.717, 1.165) is 5.56 Å². The molecule has 0 fully saturated rings. The van der Waals surface area contributed by atoms with Gasteiger partial charge in [-0.1, -0.05) is 12.1 Å². The van der Waals surface area contributed by atoms with Crippen LogP contribution in [0, 0.1) is 0 Å². The lowest BCUT2D eigenvalue weighted by Crippen LogP contribution is -2.34. The van der Waals surface area contributed by atoms with Crippen LogP contribution in [0.25, 0.3) is 0 Å². The summed E-state index contributed by atoms with van der Waals surface area (Å²) in [6.07, 6.45) is 0.625. The van der Waals surface area contributed by atoms with Crippen molar-refractivity contribution in [3.63, 3.8) is 0 Å². The van der Waals surface area contributed by atoms with Crippen LogP contribution in [0.2, 0.25) is 0 Å². The van der Waals surface area contributed by atoms with E-state index in [9.17, 15) is 0 Å². The Hall–Kier alpha value is -1.06. The highest BCUT2D eigenvalue weighted by Gasteiger charge is 2.22. The standard InChI is InChI=1S/C11H16O3/c1-11(8-12,14-2)7-9-3-5-10(13)6-4-9/h3-6,12-13H,7-8H2,1-2H3. The molecular weight excluding hydrogens is 180 g/mol. The van der Waals surface area contributed by atoms with Crippen molar-refractivity contribution in [3.05, 3.63) is 29.8 Å². The molecule has 0 amide bonds. The predicted octanol–water partition coefficient (Wildman–Crippen LogP) is 1.33. The Morgan fingerprint density at radius 2 is 1.86 bits per heavy atom. The Balaban J connectivity index is 2.72. The van der Waals surface area contributed by atoms with Crippen LogP contribution in [0.4, 0.5) is 0 Å². The summed E-state index contributed by atoms with van der Waals surface area (Å²) in [4.78, 5) is 0. The van der Waals surface area contributed by atoms with E-state index >= 15 is 0 Å². The molecule has 1 aromatic carbocycles. The number of phenols is 1. The van der Waals surface area contributed by atoms with Crippen LogP contribution in [0.1, 0.15) is 12.5 Å². The second-order valence-electron chi connectivity index (χ2n) is 3.66. The molecule has 3 heteroatoms. The molecule has 1 unspecified atom stereocenters. The van der Waals surface area contributed by atoms with Gasteiger partial charge in [0.15, 0.2) is 0 Å². The number of rotatable bonds is 4. The summed E-state index contributed by atoms with van der Waals surface area (Å²) in [5, 5.41) is 18.2. The Morgan fingerprint density at radius 3 is 2.29 bits per heavy atom. The van der Waals surface area contributed by atoms with Gasteiger partial charge in [0.25, 0.3) is 0 Å². The van der Waals surface area contributed by atoms with Crippen molar-refractivity contribution in [3.8, 4) is 5.75 Å². The minimum Gasteiger partial charge on any atom is -0.508 e. The van der Waals surface area contributed by atoms with Gasteiger partial charge in [0.1, 0.15) is 5.75 Å². The molecule has 2 N–H and O–H groups in total. The highest BCUT2D eigenvalue weighted by molar-refractivity contribution is 5.26. The molecule has 0 radical (unpaired) electrons. The lowest BCUT2D eigenvalue weighted by molar-refractivity contribution is -0.0368. The van der Waals surface area contributed by atoms with Gasteiger partial charge in [0, 0.05) is 13.5 Å². The van der Waals surface area contributed by atoms with Gasteiger partial charge in [-0.15, -0.1) is 0 Å². The lowest BCUT2D eigenvalue weighted by atomic mass is 9.97. The molecule has 0 saturated heterocycles. The fraction of sp³-hybridized carbons (Fsp3) is 0.455. The molecule has 78 valence electrons.